The first-order valence-electron chi connectivity index (χ1n) is 3.46. The van der Waals surface area contributed by atoms with E-state index in [0.29, 0.717) is 0 Å². The molecule has 0 bridgehead atoms. The Labute approximate surface area is 59.2 Å². The van der Waals surface area contributed by atoms with Gasteiger partial charge in [0.05, 0.1) is 0 Å². The van der Waals surface area contributed by atoms with Gasteiger partial charge in [0.25, 0.3) is 0 Å². The third kappa shape index (κ3) is 1.89. The number of hydrogen-bond donors (Lipinski definition) is 2. The van der Waals surface area contributed by atoms with Gasteiger partial charge in [0, 0.05) is 0 Å². The van der Waals surface area contributed by atoms with E-state index in [-0.39, 0.29) is 0 Å². The summed E-state index contributed by atoms with van der Waals surface area (Å²) in [5.74, 6) is 0. The van der Waals surface area contributed by atoms with Gasteiger partial charge in [-0.05, 0) is 5.67 Å². The smallest absolute Gasteiger partial charge is 0.133 e. The van der Waals surface area contributed by atoms with Crippen molar-refractivity contribution in [1.29, 1.82) is 0 Å². The molecule has 0 aromatic heterocycles. The molecule has 0 atom stereocenters. The van der Waals surface area contributed by atoms with E-state index in [1.54, 1.807) is 0 Å². The van der Waals surface area contributed by atoms with Crippen molar-refractivity contribution in [2.45, 2.75) is 31.9 Å². The Morgan fingerprint density at radius 3 is 1.33 bits per heavy atom. The summed E-state index contributed by atoms with van der Waals surface area (Å²) in [4.78, 5) is 0. The van der Waals surface area contributed by atoms with E-state index < -0.39 is 16.5 Å². The van der Waals surface area contributed by atoms with E-state index >= 15 is 0 Å². The number of nitrogens with one attached hydrogen (secondary N) is 2. The van der Waals surface area contributed by atoms with Gasteiger partial charge in [0.15, 0.2) is 0 Å². The zero-order valence-corrected chi connectivity index (χ0v) is 8.71. The zero-order valence-electron chi connectivity index (χ0n) is 6.71. The minimum atomic E-state index is -0.975. The van der Waals surface area contributed by atoms with Crippen LogP contribution < -0.4 is 10.2 Å². The van der Waals surface area contributed by atoms with Crippen molar-refractivity contribution in [2.24, 2.45) is 0 Å². The highest BCUT2D eigenvalue weighted by Gasteiger charge is 2.39. The number of rotatable bonds is 0. The molecule has 2 nitrogen and oxygen atoms in total. The summed E-state index contributed by atoms with van der Waals surface area (Å²) in [6, 6.07) is 0. The average Bonchev–Trinajstić information content (AvgIpc) is 1.78. The second-order valence-corrected chi connectivity index (χ2v) is 13.6. The third-order valence-corrected chi connectivity index (χ3v) is 10.5. The molecule has 0 amide bonds. The Balaban J connectivity index is 2.58. The Morgan fingerprint density at radius 1 is 0.889 bits per heavy atom. The minimum absolute atomic E-state index is 0.975. The summed E-state index contributed by atoms with van der Waals surface area (Å²) in [5, 5.41) is 6.87. The fourth-order valence-corrected chi connectivity index (χ4v) is 13.8. The lowest BCUT2D eigenvalue weighted by molar-refractivity contribution is 0.905. The molecule has 1 rings (SSSR count). The molecule has 0 spiro atoms. The predicted octanol–water partition coefficient (Wildman–Crippen LogP) is 1.04. The molecule has 9 heavy (non-hydrogen) atoms. The van der Waals surface area contributed by atoms with Crippen molar-refractivity contribution >= 4 is 16.5 Å². The molecule has 1 aliphatic heterocycles. The van der Waals surface area contributed by atoms with Crippen molar-refractivity contribution in [2.75, 3.05) is 0 Å². The van der Waals surface area contributed by atoms with Crippen LogP contribution in [0.15, 0.2) is 0 Å². The maximum atomic E-state index is 3.44. The van der Waals surface area contributed by atoms with Crippen LogP contribution >= 0.6 is 0 Å². The highest BCUT2D eigenvalue weighted by atomic mass is 28.4. The summed E-state index contributed by atoms with van der Waals surface area (Å²) >= 11 is 0. The molecule has 1 fully saturated rings. The lowest BCUT2D eigenvalue weighted by atomic mass is 11.8. The SMILES string of the molecule is C[Si]1(C)C[Si](C)(C)NN1. The summed E-state index contributed by atoms with van der Waals surface area (Å²) < 4.78 is 0. The molecular formula is C5H16N2Si2. The predicted molar refractivity (Wildman–Crippen MR) is 46.0 cm³/mol. The van der Waals surface area contributed by atoms with Crippen LogP contribution in [-0.2, 0) is 0 Å². The maximum absolute atomic E-state index is 3.44. The Morgan fingerprint density at radius 2 is 1.22 bits per heavy atom. The normalized spacial score (nSPS) is 30.7. The van der Waals surface area contributed by atoms with Crippen molar-refractivity contribution in [3.63, 3.8) is 0 Å². The summed E-state index contributed by atoms with van der Waals surface area (Å²) in [6.45, 7) is 9.51. The molecule has 0 saturated carbocycles. The highest BCUT2D eigenvalue weighted by Crippen LogP contribution is 2.19. The monoisotopic (exact) mass is 160 g/mol. The first kappa shape index (κ1) is 7.46. The molecule has 0 unspecified atom stereocenters. The summed E-state index contributed by atoms with van der Waals surface area (Å²) in [6.07, 6.45) is 0. The van der Waals surface area contributed by atoms with Crippen LogP contribution in [0.4, 0.5) is 0 Å². The van der Waals surface area contributed by atoms with Crippen LogP contribution in [0.3, 0.4) is 0 Å². The lowest BCUT2D eigenvalue weighted by Crippen LogP contribution is -2.46. The molecule has 0 aliphatic carbocycles. The highest BCUT2D eigenvalue weighted by molar-refractivity contribution is 6.96. The molecule has 1 aliphatic rings. The third-order valence-electron chi connectivity index (χ3n) is 1.62. The maximum Gasteiger partial charge on any atom is 0.133 e. The Kier molecular flexibility index (Phi) is 1.59. The van der Waals surface area contributed by atoms with E-state index in [9.17, 15) is 0 Å². The number of hydrazine groups is 1. The van der Waals surface area contributed by atoms with Crippen LogP contribution in [-0.4, -0.2) is 16.5 Å². The first-order chi connectivity index (χ1) is 3.91. The molecule has 54 valence electrons. The van der Waals surface area contributed by atoms with Crippen LogP contribution in [0.25, 0.3) is 0 Å². The molecule has 0 aromatic carbocycles. The van der Waals surface area contributed by atoms with Gasteiger partial charge in [-0.15, -0.1) is 0 Å². The van der Waals surface area contributed by atoms with Crippen molar-refractivity contribution in [3.8, 4) is 0 Å². The van der Waals surface area contributed by atoms with Gasteiger partial charge >= 0.3 is 0 Å². The minimum Gasteiger partial charge on any atom is -0.285 e. The van der Waals surface area contributed by atoms with Crippen LogP contribution in [0, 0.1) is 0 Å². The summed E-state index contributed by atoms with van der Waals surface area (Å²) in [7, 11) is -1.95. The van der Waals surface area contributed by atoms with Crippen molar-refractivity contribution in [3.05, 3.63) is 0 Å². The topological polar surface area (TPSA) is 24.1 Å². The van der Waals surface area contributed by atoms with Gasteiger partial charge in [-0.2, -0.15) is 0 Å². The molecule has 0 aromatic rings. The van der Waals surface area contributed by atoms with Crippen LogP contribution in [0.5, 0.6) is 0 Å². The second-order valence-electron chi connectivity index (χ2n) is 4.19. The molecule has 1 saturated heterocycles. The van der Waals surface area contributed by atoms with Crippen molar-refractivity contribution < 1.29 is 0 Å². The van der Waals surface area contributed by atoms with E-state index in [4.69, 9.17) is 0 Å². The fraction of sp³-hybridized carbons (Fsp3) is 1.00. The Bertz CT molecular complexity index is 108. The molecule has 1 heterocycles. The van der Waals surface area contributed by atoms with Gasteiger partial charge in [0.2, 0.25) is 0 Å². The first-order valence-corrected chi connectivity index (χ1v) is 9.87. The van der Waals surface area contributed by atoms with Crippen LogP contribution in [0.2, 0.25) is 31.9 Å². The Hall–Kier alpha value is 0.354. The fourth-order valence-electron chi connectivity index (χ4n) is 1.53. The van der Waals surface area contributed by atoms with E-state index in [0.717, 1.165) is 0 Å². The summed E-state index contributed by atoms with van der Waals surface area (Å²) in [5.41, 5.74) is 1.46. The van der Waals surface area contributed by atoms with Crippen LogP contribution in [0.1, 0.15) is 0 Å². The zero-order chi connectivity index (χ0) is 7.12. The largest absolute Gasteiger partial charge is 0.285 e. The van der Waals surface area contributed by atoms with Crippen molar-refractivity contribution in [1.82, 2.24) is 10.2 Å². The standard InChI is InChI=1S/C5H16N2Si2/c1-8(2)5-9(3,4)7-6-8/h6-7H,5H2,1-4H3. The van der Waals surface area contributed by atoms with E-state index in [2.05, 4.69) is 36.4 Å². The molecule has 0 radical (unpaired) electrons. The van der Waals surface area contributed by atoms with Gasteiger partial charge in [0.1, 0.15) is 16.5 Å². The van der Waals surface area contributed by atoms with E-state index in [1.807, 2.05) is 0 Å². The molecular weight excluding hydrogens is 144 g/mol. The average molecular weight is 160 g/mol. The quantitative estimate of drug-likeness (QED) is 0.518. The van der Waals surface area contributed by atoms with Gasteiger partial charge in [-0.3, -0.25) is 10.2 Å². The second kappa shape index (κ2) is 1.92. The molecule has 2 N–H and O–H groups in total. The molecule has 4 heteroatoms. The van der Waals surface area contributed by atoms with Gasteiger partial charge < -0.3 is 0 Å². The lowest BCUT2D eigenvalue weighted by Gasteiger charge is -2.13. The van der Waals surface area contributed by atoms with Gasteiger partial charge in [-0.1, -0.05) is 26.2 Å². The van der Waals surface area contributed by atoms with Gasteiger partial charge in [-0.25, -0.2) is 0 Å². The van der Waals surface area contributed by atoms with E-state index in [1.165, 1.54) is 5.67 Å². The number of hydrogen-bond acceptors (Lipinski definition) is 2.